The van der Waals surface area contributed by atoms with Gasteiger partial charge in [0.05, 0.1) is 17.6 Å². The van der Waals surface area contributed by atoms with Crippen LogP contribution < -0.4 is 9.62 Å². The molecule has 3 aromatic rings. The van der Waals surface area contributed by atoms with Crippen LogP contribution in [0.2, 0.25) is 0 Å². The van der Waals surface area contributed by atoms with E-state index in [0.29, 0.717) is 15.9 Å². The van der Waals surface area contributed by atoms with Crippen LogP contribution >= 0.6 is 0 Å². The van der Waals surface area contributed by atoms with Crippen LogP contribution in [0.25, 0.3) is 0 Å². The van der Waals surface area contributed by atoms with Crippen molar-refractivity contribution in [2.24, 2.45) is 0 Å². The summed E-state index contributed by atoms with van der Waals surface area (Å²) in [6.45, 7) is 1.30. The van der Waals surface area contributed by atoms with E-state index in [1.54, 1.807) is 48.5 Å². The Labute approximate surface area is 184 Å². The van der Waals surface area contributed by atoms with Crippen molar-refractivity contribution >= 4 is 33.1 Å². The number of amides is 1. The average molecular weight is 458 g/mol. The van der Waals surface area contributed by atoms with Gasteiger partial charge in [-0.15, -0.1) is 0 Å². The van der Waals surface area contributed by atoms with Crippen molar-refractivity contribution in [3.63, 3.8) is 0 Å². The molecule has 0 aliphatic heterocycles. The first-order chi connectivity index (χ1) is 15.1. The molecule has 1 N–H and O–H groups in total. The maximum absolute atomic E-state index is 13.7. The van der Waals surface area contributed by atoms with Gasteiger partial charge in [-0.05, 0) is 31.2 Å². The Morgan fingerprint density at radius 3 is 2.16 bits per heavy atom. The number of hydrogen-bond acceptors (Lipinski definition) is 4. The number of nitrogens with zero attached hydrogens (tertiary/aromatic N) is 1. The summed E-state index contributed by atoms with van der Waals surface area (Å²) in [6.07, 6.45) is 0.852. The zero-order valence-electron chi connectivity index (χ0n) is 17.2. The maximum atomic E-state index is 13.7. The smallest absolute Gasteiger partial charge is 0.248 e. The molecule has 9 heteroatoms. The van der Waals surface area contributed by atoms with Gasteiger partial charge in [0, 0.05) is 17.2 Å². The summed E-state index contributed by atoms with van der Waals surface area (Å²) < 4.78 is 52.4. The van der Waals surface area contributed by atoms with E-state index in [1.165, 1.54) is 13.0 Å². The molecule has 0 heterocycles. The largest absolute Gasteiger partial charge is 0.324 e. The van der Waals surface area contributed by atoms with Gasteiger partial charge in [-0.25, -0.2) is 17.2 Å². The molecule has 3 rings (SSSR count). The topological polar surface area (TPSA) is 83.6 Å². The molecular weight excluding hydrogens is 438 g/mol. The Morgan fingerprint density at radius 2 is 1.53 bits per heavy atom. The van der Waals surface area contributed by atoms with Gasteiger partial charge in [0.2, 0.25) is 15.9 Å². The number of halogens is 2. The molecule has 1 amide bonds. The SMILES string of the molecule is C[C@@H](C(=O)Nc1ccccc1C(=O)c1ccccc1)N(c1ccc(F)c(F)c1)S(C)(=O)=O. The molecule has 0 saturated carbocycles. The second-order valence-electron chi connectivity index (χ2n) is 7.06. The fraction of sp³-hybridized carbons (Fsp3) is 0.130. The second kappa shape index (κ2) is 9.27. The van der Waals surface area contributed by atoms with Gasteiger partial charge in [0.25, 0.3) is 0 Å². The van der Waals surface area contributed by atoms with Crippen LogP contribution in [0, 0.1) is 11.6 Å². The molecule has 3 aromatic carbocycles. The van der Waals surface area contributed by atoms with Crippen LogP contribution in [0.4, 0.5) is 20.2 Å². The van der Waals surface area contributed by atoms with Gasteiger partial charge in [0.1, 0.15) is 6.04 Å². The summed E-state index contributed by atoms with van der Waals surface area (Å²) in [6, 6.07) is 16.0. The third-order valence-electron chi connectivity index (χ3n) is 4.71. The summed E-state index contributed by atoms with van der Waals surface area (Å²) in [4.78, 5) is 25.8. The van der Waals surface area contributed by atoms with Gasteiger partial charge >= 0.3 is 0 Å². The minimum Gasteiger partial charge on any atom is -0.324 e. The highest BCUT2D eigenvalue weighted by Gasteiger charge is 2.30. The average Bonchev–Trinajstić information content (AvgIpc) is 2.76. The Balaban J connectivity index is 1.92. The molecule has 32 heavy (non-hydrogen) atoms. The van der Waals surface area contributed by atoms with Gasteiger partial charge in [-0.2, -0.15) is 0 Å². The standard InChI is InChI=1S/C23H20F2N2O4S/c1-15(27(32(2,30)31)17-12-13-19(24)20(25)14-17)23(29)26-21-11-7-6-10-18(21)22(28)16-8-4-3-5-9-16/h3-15H,1-2H3,(H,26,29)/t15-/m0/s1. The first kappa shape index (κ1) is 23.1. The van der Waals surface area contributed by atoms with Gasteiger partial charge in [-0.1, -0.05) is 42.5 Å². The quantitative estimate of drug-likeness (QED) is 0.543. The first-order valence-corrected chi connectivity index (χ1v) is 11.4. The Morgan fingerprint density at radius 1 is 0.906 bits per heavy atom. The minimum absolute atomic E-state index is 0.192. The van der Waals surface area contributed by atoms with Crippen molar-refractivity contribution in [3.05, 3.63) is 95.6 Å². The van der Waals surface area contributed by atoms with Crippen molar-refractivity contribution < 1.29 is 26.8 Å². The number of nitrogens with one attached hydrogen (secondary N) is 1. The predicted octanol–water partition coefficient (Wildman–Crippen LogP) is 3.99. The Hall–Kier alpha value is -3.59. The van der Waals surface area contributed by atoms with Crippen LogP contribution in [0.3, 0.4) is 0 Å². The lowest BCUT2D eigenvalue weighted by Crippen LogP contribution is -2.45. The lowest BCUT2D eigenvalue weighted by molar-refractivity contribution is -0.116. The number of carbonyl (C=O) groups is 2. The zero-order valence-corrected chi connectivity index (χ0v) is 18.1. The monoisotopic (exact) mass is 458 g/mol. The van der Waals surface area contributed by atoms with E-state index in [0.717, 1.165) is 18.4 Å². The molecule has 166 valence electrons. The highest BCUT2D eigenvalue weighted by molar-refractivity contribution is 7.92. The molecule has 1 atom stereocenters. The van der Waals surface area contributed by atoms with Crippen molar-refractivity contribution in [1.82, 2.24) is 0 Å². The van der Waals surface area contributed by atoms with Crippen LogP contribution in [0.15, 0.2) is 72.8 Å². The van der Waals surface area contributed by atoms with E-state index < -0.39 is 33.6 Å². The molecule has 0 fully saturated rings. The van der Waals surface area contributed by atoms with Crippen molar-refractivity contribution in [2.45, 2.75) is 13.0 Å². The van der Waals surface area contributed by atoms with Gasteiger partial charge in [-0.3, -0.25) is 13.9 Å². The molecule has 0 bridgehead atoms. The number of hydrogen-bond donors (Lipinski definition) is 1. The third kappa shape index (κ3) is 5.00. The maximum Gasteiger partial charge on any atom is 0.248 e. The molecule has 0 saturated heterocycles. The third-order valence-corrected chi connectivity index (χ3v) is 5.95. The van der Waals surface area contributed by atoms with Gasteiger partial charge < -0.3 is 5.32 Å². The lowest BCUT2D eigenvalue weighted by atomic mass is 10.0. The molecule has 0 radical (unpaired) electrons. The molecule has 0 unspecified atom stereocenters. The van der Waals surface area contributed by atoms with Crippen LogP contribution in [-0.4, -0.2) is 32.4 Å². The number of benzene rings is 3. The van der Waals surface area contributed by atoms with Crippen LogP contribution in [0.1, 0.15) is 22.8 Å². The van der Waals surface area contributed by atoms with Crippen molar-refractivity contribution in [1.29, 1.82) is 0 Å². The molecule has 0 aliphatic carbocycles. The summed E-state index contributed by atoms with van der Waals surface area (Å²) in [7, 11) is -4.04. The number of ketones is 1. The number of rotatable bonds is 7. The first-order valence-electron chi connectivity index (χ1n) is 9.53. The Bertz CT molecular complexity index is 1260. The molecule has 0 aromatic heterocycles. The number of para-hydroxylation sites is 1. The fourth-order valence-electron chi connectivity index (χ4n) is 3.20. The predicted molar refractivity (Wildman–Crippen MR) is 118 cm³/mol. The molecule has 0 aliphatic rings. The van der Waals surface area contributed by atoms with Crippen LogP contribution in [0.5, 0.6) is 0 Å². The van der Waals surface area contributed by atoms with Crippen LogP contribution in [-0.2, 0) is 14.8 Å². The normalized spacial score (nSPS) is 12.1. The summed E-state index contributed by atoms with van der Waals surface area (Å²) >= 11 is 0. The van der Waals surface area contributed by atoms with E-state index in [4.69, 9.17) is 0 Å². The molecule has 0 spiro atoms. The highest BCUT2D eigenvalue weighted by Crippen LogP contribution is 2.25. The molecular formula is C23H20F2N2O4S. The van der Waals surface area contributed by atoms with Crippen molar-refractivity contribution in [3.8, 4) is 0 Å². The second-order valence-corrected chi connectivity index (χ2v) is 8.92. The van der Waals surface area contributed by atoms with E-state index in [2.05, 4.69) is 5.32 Å². The van der Waals surface area contributed by atoms with E-state index in [-0.39, 0.29) is 22.7 Å². The minimum atomic E-state index is -4.04. The molecule has 6 nitrogen and oxygen atoms in total. The Kier molecular flexibility index (Phi) is 6.69. The van der Waals surface area contributed by atoms with E-state index in [9.17, 15) is 26.8 Å². The summed E-state index contributed by atoms with van der Waals surface area (Å²) in [5, 5.41) is 2.58. The number of anilines is 2. The lowest BCUT2D eigenvalue weighted by Gasteiger charge is -2.28. The zero-order chi connectivity index (χ0) is 23.5. The fourth-order valence-corrected chi connectivity index (χ4v) is 4.37. The number of sulfonamides is 1. The van der Waals surface area contributed by atoms with E-state index in [1.807, 2.05) is 0 Å². The highest BCUT2D eigenvalue weighted by atomic mass is 32.2. The summed E-state index contributed by atoms with van der Waals surface area (Å²) in [5.74, 6) is -3.47. The number of carbonyl (C=O) groups excluding carboxylic acids is 2. The van der Waals surface area contributed by atoms with Gasteiger partial charge in [0.15, 0.2) is 17.4 Å². The van der Waals surface area contributed by atoms with Crippen molar-refractivity contribution in [2.75, 3.05) is 15.9 Å². The summed E-state index contributed by atoms with van der Waals surface area (Å²) in [5.41, 5.74) is 0.624. The van der Waals surface area contributed by atoms with E-state index >= 15 is 0 Å².